The van der Waals surface area contributed by atoms with E-state index in [2.05, 4.69) is 15.9 Å². The van der Waals surface area contributed by atoms with E-state index in [4.69, 9.17) is 0 Å². The van der Waals surface area contributed by atoms with Crippen LogP contribution in [0.15, 0.2) is 23.1 Å². The zero-order chi connectivity index (χ0) is 13.3. The second-order valence-corrected chi connectivity index (χ2v) is 6.90. The van der Waals surface area contributed by atoms with Gasteiger partial charge in [0.25, 0.3) is 15.9 Å². The van der Waals surface area contributed by atoms with Crippen LogP contribution in [-0.2, 0) is 10.0 Å². The SMILES string of the molecule is Cc1ccc2c(c1)C(=O)N(CCCCBr)S2(=O)=O. The Morgan fingerprint density at radius 2 is 2.00 bits per heavy atom. The second-order valence-electron chi connectivity index (χ2n) is 4.28. The number of fused-ring (bicyclic) bond motifs is 1. The molecule has 0 saturated carbocycles. The number of sulfonamides is 1. The lowest BCUT2D eigenvalue weighted by atomic mass is 10.1. The summed E-state index contributed by atoms with van der Waals surface area (Å²) < 4.78 is 25.4. The fourth-order valence-electron chi connectivity index (χ4n) is 1.97. The Bertz CT molecular complexity index is 583. The Balaban J connectivity index is 2.35. The summed E-state index contributed by atoms with van der Waals surface area (Å²) in [5.74, 6) is -0.400. The number of carbonyl (C=O) groups excluding carboxylic acids is 1. The fraction of sp³-hybridized carbons (Fsp3) is 0.417. The highest BCUT2D eigenvalue weighted by Crippen LogP contribution is 2.30. The average molecular weight is 332 g/mol. The molecular weight excluding hydrogens is 318 g/mol. The molecule has 1 aliphatic rings. The first kappa shape index (κ1) is 13.5. The molecule has 0 unspecified atom stereocenters. The zero-order valence-electron chi connectivity index (χ0n) is 10.0. The largest absolute Gasteiger partial charge is 0.269 e. The summed E-state index contributed by atoms with van der Waals surface area (Å²) in [4.78, 5) is 12.2. The van der Waals surface area contributed by atoms with Crippen LogP contribution in [0.4, 0.5) is 0 Å². The van der Waals surface area contributed by atoms with Gasteiger partial charge in [0.1, 0.15) is 4.90 Å². The summed E-state index contributed by atoms with van der Waals surface area (Å²) in [5.41, 5.74) is 1.19. The summed E-state index contributed by atoms with van der Waals surface area (Å²) in [5, 5.41) is 0.807. The van der Waals surface area contributed by atoms with Gasteiger partial charge < -0.3 is 0 Å². The van der Waals surface area contributed by atoms with Crippen LogP contribution in [-0.4, -0.2) is 30.5 Å². The average Bonchev–Trinajstić information content (AvgIpc) is 2.50. The van der Waals surface area contributed by atoms with Crippen molar-refractivity contribution in [3.63, 3.8) is 0 Å². The third-order valence-corrected chi connectivity index (χ3v) is 5.31. The number of amides is 1. The standard InChI is InChI=1S/C12H14BrNO3S/c1-9-4-5-11-10(8-9)12(15)14(18(11,16)17)7-3-2-6-13/h4-5,8H,2-3,6-7H2,1H3. The lowest BCUT2D eigenvalue weighted by molar-refractivity contribution is 0.0870. The van der Waals surface area contributed by atoms with Gasteiger partial charge in [0.15, 0.2) is 0 Å². The number of benzene rings is 1. The molecule has 0 spiro atoms. The molecule has 1 aliphatic heterocycles. The minimum Gasteiger partial charge on any atom is -0.268 e. The Hall–Kier alpha value is -0.880. The number of carbonyl (C=O) groups is 1. The summed E-state index contributed by atoms with van der Waals surface area (Å²) in [6.07, 6.45) is 1.51. The van der Waals surface area contributed by atoms with E-state index in [0.29, 0.717) is 12.0 Å². The van der Waals surface area contributed by atoms with Crippen molar-refractivity contribution in [2.75, 3.05) is 11.9 Å². The summed E-state index contributed by atoms with van der Waals surface area (Å²) in [6.45, 7) is 2.09. The molecule has 0 N–H and O–H groups in total. The van der Waals surface area contributed by atoms with Gasteiger partial charge in [-0.05, 0) is 31.9 Å². The van der Waals surface area contributed by atoms with E-state index in [0.717, 1.165) is 21.6 Å². The van der Waals surface area contributed by atoms with Crippen LogP contribution in [0.1, 0.15) is 28.8 Å². The van der Waals surface area contributed by atoms with Crippen molar-refractivity contribution in [1.29, 1.82) is 0 Å². The van der Waals surface area contributed by atoms with Crippen LogP contribution in [0, 0.1) is 6.92 Å². The molecule has 0 aromatic heterocycles. The Morgan fingerprint density at radius 3 is 2.67 bits per heavy atom. The Kier molecular flexibility index (Phi) is 3.77. The highest BCUT2D eigenvalue weighted by molar-refractivity contribution is 9.09. The van der Waals surface area contributed by atoms with E-state index in [1.807, 2.05) is 6.92 Å². The molecule has 0 bridgehead atoms. The number of halogens is 1. The molecule has 18 heavy (non-hydrogen) atoms. The fourth-order valence-corrected chi connectivity index (χ4v) is 3.95. The number of aryl methyl sites for hydroxylation is 1. The van der Waals surface area contributed by atoms with Crippen LogP contribution in [0.5, 0.6) is 0 Å². The molecule has 1 amide bonds. The Morgan fingerprint density at radius 1 is 1.28 bits per heavy atom. The van der Waals surface area contributed by atoms with Gasteiger partial charge >= 0.3 is 0 Å². The molecule has 0 atom stereocenters. The summed E-state index contributed by atoms with van der Waals surface area (Å²) >= 11 is 3.29. The predicted octanol–water partition coefficient (Wildman–Crippen LogP) is 2.31. The number of rotatable bonds is 4. The van der Waals surface area contributed by atoms with Gasteiger partial charge in [0.05, 0.1) is 5.56 Å². The van der Waals surface area contributed by atoms with Gasteiger partial charge in [-0.15, -0.1) is 0 Å². The van der Waals surface area contributed by atoms with Crippen molar-refractivity contribution in [2.24, 2.45) is 0 Å². The molecule has 0 radical (unpaired) electrons. The lowest BCUT2D eigenvalue weighted by Gasteiger charge is -2.14. The topological polar surface area (TPSA) is 54.5 Å². The quantitative estimate of drug-likeness (QED) is 0.628. The van der Waals surface area contributed by atoms with Crippen LogP contribution >= 0.6 is 15.9 Å². The van der Waals surface area contributed by atoms with E-state index < -0.39 is 15.9 Å². The van der Waals surface area contributed by atoms with Gasteiger partial charge in [0, 0.05) is 11.9 Å². The summed E-state index contributed by atoms with van der Waals surface area (Å²) in [6, 6.07) is 4.87. The maximum atomic E-state index is 12.2. The minimum atomic E-state index is -3.62. The smallest absolute Gasteiger partial charge is 0.268 e. The first-order chi connectivity index (χ1) is 8.48. The van der Waals surface area contributed by atoms with Crippen molar-refractivity contribution < 1.29 is 13.2 Å². The van der Waals surface area contributed by atoms with Crippen LogP contribution in [0.2, 0.25) is 0 Å². The highest BCUT2D eigenvalue weighted by Gasteiger charge is 2.40. The highest BCUT2D eigenvalue weighted by atomic mass is 79.9. The Labute approximate surface area is 115 Å². The van der Waals surface area contributed by atoms with Crippen molar-refractivity contribution in [1.82, 2.24) is 4.31 Å². The first-order valence-corrected chi connectivity index (χ1v) is 8.28. The van der Waals surface area contributed by atoms with Crippen LogP contribution in [0.25, 0.3) is 0 Å². The molecular formula is C12H14BrNO3S. The number of alkyl halides is 1. The third kappa shape index (κ3) is 2.19. The van der Waals surface area contributed by atoms with E-state index in [1.54, 1.807) is 12.1 Å². The van der Waals surface area contributed by atoms with E-state index in [-0.39, 0.29) is 11.4 Å². The maximum Gasteiger partial charge on any atom is 0.269 e. The third-order valence-electron chi connectivity index (χ3n) is 2.90. The number of hydrogen-bond donors (Lipinski definition) is 0. The van der Waals surface area contributed by atoms with Crippen molar-refractivity contribution in [2.45, 2.75) is 24.7 Å². The maximum absolute atomic E-state index is 12.2. The number of unbranched alkanes of at least 4 members (excludes halogenated alkanes) is 1. The molecule has 2 rings (SSSR count). The van der Waals surface area contributed by atoms with Gasteiger partial charge in [-0.25, -0.2) is 12.7 Å². The zero-order valence-corrected chi connectivity index (χ0v) is 12.4. The van der Waals surface area contributed by atoms with E-state index >= 15 is 0 Å². The molecule has 6 heteroatoms. The van der Waals surface area contributed by atoms with E-state index in [1.165, 1.54) is 6.07 Å². The van der Waals surface area contributed by atoms with Crippen LogP contribution in [0.3, 0.4) is 0 Å². The molecule has 1 heterocycles. The molecule has 4 nitrogen and oxygen atoms in total. The first-order valence-electron chi connectivity index (χ1n) is 5.72. The minimum absolute atomic E-state index is 0.136. The summed E-state index contributed by atoms with van der Waals surface area (Å²) in [7, 11) is -3.62. The van der Waals surface area contributed by atoms with Crippen molar-refractivity contribution >= 4 is 31.9 Å². The monoisotopic (exact) mass is 331 g/mol. The predicted molar refractivity (Wildman–Crippen MR) is 72.4 cm³/mol. The van der Waals surface area contributed by atoms with Crippen molar-refractivity contribution in [3.8, 4) is 0 Å². The number of nitrogens with zero attached hydrogens (tertiary/aromatic N) is 1. The number of hydrogen-bond acceptors (Lipinski definition) is 3. The van der Waals surface area contributed by atoms with Gasteiger partial charge in [-0.2, -0.15) is 0 Å². The molecule has 1 aromatic rings. The normalized spacial score (nSPS) is 17.0. The second kappa shape index (κ2) is 5.01. The van der Waals surface area contributed by atoms with Crippen LogP contribution < -0.4 is 0 Å². The van der Waals surface area contributed by atoms with Crippen molar-refractivity contribution in [3.05, 3.63) is 29.3 Å². The van der Waals surface area contributed by atoms with Gasteiger partial charge in [0.2, 0.25) is 0 Å². The molecule has 1 aromatic carbocycles. The van der Waals surface area contributed by atoms with E-state index in [9.17, 15) is 13.2 Å². The molecule has 0 fully saturated rings. The molecule has 98 valence electrons. The molecule has 0 aliphatic carbocycles. The molecule has 0 saturated heterocycles. The lowest BCUT2D eigenvalue weighted by Crippen LogP contribution is -2.31. The van der Waals surface area contributed by atoms with Gasteiger partial charge in [-0.1, -0.05) is 27.6 Å². The van der Waals surface area contributed by atoms with Gasteiger partial charge in [-0.3, -0.25) is 4.79 Å².